The van der Waals surface area contributed by atoms with E-state index in [9.17, 15) is 4.79 Å². The van der Waals surface area contributed by atoms with Crippen LogP contribution in [0.1, 0.15) is 39.0 Å². The van der Waals surface area contributed by atoms with Gasteiger partial charge in [0.1, 0.15) is 5.82 Å². The fraction of sp³-hybridized carbons (Fsp3) is 0.524. The maximum atomic E-state index is 12.4. The largest absolute Gasteiger partial charge is 0.324 e. The molecule has 1 fully saturated rings. The molecule has 0 bridgehead atoms. The summed E-state index contributed by atoms with van der Waals surface area (Å²) in [4.78, 5) is 14.9. The summed E-state index contributed by atoms with van der Waals surface area (Å²) >= 11 is 0. The van der Waals surface area contributed by atoms with Crippen molar-refractivity contribution in [1.82, 2.24) is 20.0 Å². The topological polar surface area (TPSA) is 74.2 Å². The van der Waals surface area contributed by atoms with E-state index in [2.05, 4.69) is 58.9 Å². The van der Waals surface area contributed by atoms with Gasteiger partial charge in [-0.25, -0.2) is 9.48 Å². The molecular formula is C21H34Cl2N6O. The van der Waals surface area contributed by atoms with E-state index in [0.717, 1.165) is 44.1 Å². The van der Waals surface area contributed by atoms with Gasteiger partial charge in [0.25, 0.3) is 0 Å². The Hall–Kier alpha value is -1.80. The highest BCUT2D eigenvalue weighted by Crippen LogP contribution is 2.24. The molecule has 3 N–H and O–H groups in total. The van der Waals surface area contributed by atoms with Crippen LogP contribution in [0, 0.1) is 0 Å². The molecule has 1 aromatic heterocycles. The van der Waals surface area contributed by atoms with E-state index in [4.69, 9.17) is 0 Å². The van der Waals surface area contributed by atoms with Crippen LogP contribution >= 0.6 is 24.8 Å². The summed E-state index contributed by atoms with van der Waals surface area (Å²) in [6.45, 7) is 14.2. The second-order valence-electron chi connectivity index (χ2n) is 8.28. The van der Waals surface area contributed by atoms with E-state index in [0.29, 0.717) is 12.4 Å². The van der Waals surface area contributed by atoms with Gasteiger partial charge >= 0.3 is 6.03 Å². The van der Waals surface area contributed by atoms with Gasteiger partial charge in [0.15, 0.2) is 0 Å². The van der Waals surface area contributed by atoms with Gasteiger partial charge in [-0.3, -0.25) is 10.2 Å². The summed E-state index contributed by atoms with van der Waals surface area (Å²) in [6.07, 6.45) is 0. The van der Waals surface area contributed by atoms with Gasteiger partial charge in [-0.15, -0.1) is 24.8 Å². The molecule has 1 aliphatic heterocycles. The van der Waals surface area contributed by atoms with Gasteiger partial charge in [0.2, 0.25) is 0 Å². The number of hydrogen-bond donors (Lipinski definition) is 3. The number of nitrogens with zero attached hydrogens (tertiary/aromatic N) is 3. The first-order valence-electron chi connectivity index (χ1n) is 10.0. The normalized spacial score (nSPS) is 14.4. The third kappa shape index (κ3) is 7.16. The Labute approximate surface area is 191 Å². The molecule has 2 heterocycles. The predicted octanol–water partition coefficient (Wildman–Crippen LogP) is 4.09. The third-order valence-electron chi connectivity index (χ3n) is 4.92. The lowest BCUT2D eigenvalue weighted by Gasteiger charge is -2.27. The number of piperazine rings is 1. The van der Waals surface area contributed by atoms with Crippen LogP contribution in [0.15, 0.2) is 30.3 Å². The smallest absolute Gasteiger partial charge is 0.314 e. The number of aromatic nitrogens is 2. The molecule has 0 spiro atoms. The number of nitrogens with one attached hydrogen (secondary N) is 3. The van der Waals surface area contributed by atoms with Crippen molar-refractivity contribution in [2.24, 2.45) is 0 Å². The van der Waals surface area contributed by atoms with Crippen molar-refractivity contribution >= 4 is 42.4 Å². The second-order valence-corrected chi connectivity index (χ2v) is 8.28. The van der Waals surface area contributed by atoms with Crippen LogP contribution in [-0.2, 0) is 18.5 Å². The Kier molecular flexibility index (Phi) is 10.1. The minimum Gasteiger partial charge on any atom is -0.314 e. The third-order valence-corrected chi connectivity index (χ3v) is 4.92. The molecule has 30 heavy (non-hydrogen) atoms. The highest BCUT2D eigenvalue weighted by molar-refractivity contribution is 5.99. The Morgan fingerprint density at radius 2 is 1.73 bits per heavy atom. The minimum atomic E-state index is -0.259. The summed E-state index contributed by atoms with van der Waals surface area (Å²) in [6, 6.07) is 9.74. The highest BCUT2D eigenvalue weighted by atomic mass is 35.5. The quantitative estimate of drug-likeness (QED) is 0.632. The average molecular weight is 457 g/mol. The Morgan fingerprint density at radius 1 is 1.10 bits per heavy atom. The van der Waals surface area contributed by atoms with Crippen molar-refractivity contribution in [2.75, 3.05) is 36.8 Å². The molecular weight excluding hydrogens is 423 g/mol. The van der Waals surface area contributed by atoms with Crippen LogP contribution < -0.4 is 16.0 Å². The van der Waals surface area contributed by atoms with Gasteiger partial charge < -0.3 is 10.6 Å². The first-order chi connectivity index (χ1) is 13.3. The zero-order valence-corrected chi connectivity index (χ0v) is 19.8. The van der Waals surface area contributed by atoms with Crippen molar-refractivity contribution in [3.8, 4) is 0 Å². The van der Waals surface area contributed by atoms with E-state index in [1.165, 1.54) is 5.56 Å². The van der Waals surface area contributed by atoms with Crippen molar-refractivity contribution in [3.05, 3.63) is 41.6 Å². The molecule has 9 heteroatoms. The van der Waals surface area contributed by atoms with Gasteiger partial charge in [-0.1, -0.05) is 32.9 Å². The molecule has 3 rings (SSSR count). The first kappa shape index (κ1) is 26.2. The number of benzene rings is 1. The number of urea groups is 1. The summed E-state index contributed by atoms with van der Waals surface area (Å²) in [5.74, 6) is 0.709. The van der Waals surface area contributed by atoms with E-state index < -0.39 is 0 Å². The van der Waals surface area contributed by atoms with Crippen LogP contribution in [0.25, 0.3) is 0 Å². The average Bonchev–Trinajstić information content (AvgIpc) is 3.07. The molecule has 168 valence electrons. The van der Waals surface area contributed by atoms with Crippen molar-refractivity contribution in [3.63, 3.8) is 0 Å². The number of aryl methyl sites for hydroxylation is 1. The van der Waals surface area contributed by atoms with Crippen LogP contribution in [0.3, 0.4) is 0 Å². The number of rotatable bonds is 5. The summed E-state index contributed by atoms with van der Waals surface area (Å²) in [7, 11) is 0. The van der Waals surface area contributed by atoms with Gasteiger partial charge in [0, 0.05) is 56.4 Å². The fourth-order valence-electron chi connectivity index (χ4n) is 3.22. The molecule has 0 radical (unpaired) electrons. The minimum absolute atomic E-state index is 0. The van der Waals surface area contributed by atoms with E-state index in [1.807, 2.05) is 29.8 Å². The lowest BCUT2D eigenvalue weighted by atomic mass is 9.92. The van der Waals surface area contributed by atoms with Gasteiger partial charge in [0.05, 0.1) is 5.69 Å². The number of amides is 2. The second kappa shape index (κ2) is 11.6. The molecule has 1 aromatic carbocycles. The maximum absolute atomic E-state index is 12.4. The van der Waals surface area contributed by atoms with Gasteiger partial charge in [-0.05, 0) is 24.6 Å². The maximum Gasteiger partial charge on any atom is 0.324 e. The molecule has 2 amide bonds. The Bertz CT molecular complexity index is 795. The van der Waals surface area contributed by atoms with Crippen LogP contribution in [0.4, 0.5) is 16.3 Å². The fourth-order valence-corrected chi connectivity index (χ4v) is 3.22. The molecule has 7 nitrogen and oxygen atoms in total. The Morgan fingerprint density at radius 3 is 2.30 bits per heavy atom. The van der Waals surface area contributed by atoms with Crippen LogP contribution in [-0.4, -0.2) is 46.9 Å². The van der Waals surface area contributed by atoms with Gasteiger partial charge in [-0.2, -0.15) is 5.10 Å². The molecule has 1 saturated heterocycles. The number of halogens is 2. The standard InChI is InChI=1S/C21H32N6O.2ClH/c1-5-27-19(14-18(25-27)21(2,3)4)24-20(28)23-17-8-6-16(7-9-17)15-26-12-10-22-11-13-26;;/h6-9,14,22H,5,10-13,15H2,1-4H3,(H2,23,24,28);2*1H. The molecule has 0 atom stereocenters. The number of anilines is 2. The summed E-state index contributed by atoms with van der Waals surface area (Å²) in [5.41, 5.74) is 2.93. The lowest BCUT2D eigenvalue weighted by Crippen LogP contribution is -2.42. The molecule has 1 aliphatic rings. The molecule has 0 aliphatic carbocycles. The molecule has 2 aromatic rings. The van der Waals surface area contributed by atoms with Crippen molar-refractivity contribution in [1.29, 1.82) is 0 Å². The number of carbonyl (C=O) groups is 1. The zero-order valence-electron chi connectivity index (χ0n) is 18.2. The number of hydrogen-bond acceptors (Lipinski definition) is 4. The molecule has 0 saturated carbocycles. The predicted molar refractivity (Wildman–Crippen MR) is 128 cm³/mol. The van der Waals surface area contributed by atoms with Crippen molar-refractivity contribution in [2.45, 2.75) is 46.2 Å². The number of carbonyl (C=O) groups excluding carboxylic acids is 1. The molecule has 0 unspecified atom stereocenters. The van der Waals surface area contributed by atoms with Crippen LogP contribution in [0.2, 0.25) is 0 Å². The highest BCUT2D eigenvalue weighted by Gasteiger charge is 2.20. The first-order valence-corrected chi connectivity index (χ1v) is 10.0. The van der Waals surface area contributed by atoms with E-state index in [1.54, 1.807) is 0 Å². The van der Waals surface area contributed by atoms with Crippen molar-refractivity contribution < 1.29 is 4.79 Å². The monoisotopic (exact) mass is 456 g/mol. The van der Waals surface area contributed by atoms with E-state index in [-0.39, 0.29) is 36.3 Å². The van der Waals surface area contributed by atoms with Crippen LogP contribution in [0.5, 0.6) is 0 Å². The van der Waals surface area contributed by atoms with E-state index >= 15 is 0 Å². The lowest BCUT2D eigenvalue weighted by molar-refractivity contribution is 0.233. The summed E-state index contributed by atoms with van der Waals surface area (Å²) < 4.78 is 1.82. The summed E-state index contributed by atoms with van der Waals surface area (Å²) in [5, 5.41) is 13.8. The zero-order chi connectivity index (χ0) is 20.1. The Balaban J connectivity index is 0.00000225. The SMILES string of the molecule is CCn1nc(C(C)(C)C)cc1NC(=O)Nc1ccc(CN2CCNCC2)cc1.Cl.Cl.